The number of hydrogen-bond acceptors (Lipinski definition) is 7. The average molecular weight is 382 g/mol. The number of aryl methyl sites for hydroxylation is 2. The summed E-state index contributed by atoms with van der Waals surface area (Å²) in [7, 11) is 1.88. The maximum Gasteiger partial charge on any atom is 0.207 e. The standard InChI is InChI=1S/C17H18N8OS/c1-11-5-15(27-23-11)22-16-17-19-7-14(12-6-20-24(2)8-12)25(17)9-13(21-16)3-4-18-10-26/h5-10H,3-4H2,1-2H3,(H,18,26)(H,21,22). The molecule has 2 N–H and O–H groups in total. The third kappa shape index (κ3) is 3.51. The van der Waals surface area contributed by atoms with Crippen LogP contribution in [-0.4, -0.2) is 41.5 Å². The third-order valence-electron chi connectivity index (χ3n) is 4.02. The Balaban J connectivity index is 1.79. The number of hydrogen-bond donors (Lipinski definition) is 2. The highest BCUT2D eigenvalue weighted by molar-refractivity contribution is 7.10. The fourth-order valence-corrected chi connectivity index (χ4v) is 3.47. The number of fused-ring (bicyclic) bond motifs is 1. The lowest BCUT2D eigenvalue weighted by atomic mass is 10.2. The van der Waals surface area contributed by atoms with Crippen LogP contribution in [0.5, 0.6) is 0 Å². The van der Waals surface area contributed by atoms with Crippen molar-refractivity contribution in [2.75, 3.05) is 11.9 Å². The molecule has 27 heavy (non-hydrogen) atoms. The van der Waals surface area contributed by atoms with E-state index in [-0.39, 0.29) is 0 Å². The Hall–Kier alpha value is -3.27. The van der Waals surface area contributed by atoms with Gasteiger partial charge in [0.25, 0.3) is 0 Å². The molecule has 0 fully saturated rings. The van der Waals surface area contributed by atoms with Crippen molar-refractivity contribution in [3.05, 3.63) is 42.2 Å². The third-order valence-corrected chi connectivity index (χ3v) is 4.82. The first-order valence-electron chi connectivity index (χ1n) is 8.37. The molecule has 138 valence electrons. The zero-order valence-electron chi connectivity index (χ0n) is 14.9. The van der Waals surface area contributed by atoms with Crippen LogP contribution in [0.1, 0.15) is 11.4 Å². The van der Waals surface area contributed by atoms with E-state index in [4.69, 9.17) is 4.98 Å². The first-order chi connectivity index (χ1) is 13.1. The summed E-state index contributed by atoms with van der Waals surface area (Å²) in [5.41, 5.74) is 4.39. The van der Waals surface area contributed by atoms with Crippen LogP contribution >= 0.6 is 11.5 Å². The summed E-state index contributed by atoms with van der Waals surface area (Å²) in [6, 6.07) is 1.97. The van der Waals surface area contributed by atoms with Crippen molar-refractivity contribution in [2.45, 2.75) is 13.3 Å². The van der Waals surface area contributed by atoms with Gasteiger partial charge >= 0.3 is 0 Å². The first-order valence-corrected chi connectivity index (χ1v) is 9.15. The Morgan fingerprint density at radius 3 is 2.89 bits per heavy atom. The maximum atomic E-state index is 10.5. The van der Waals surface area contributed by atoms with Crippen molar-refractivity contribution in [3.63, 3.8) is 0 Å². The maximum absolute atomic E-state index is 10.5. The monoisotopic (exact) mass is 382 g/mol. The molecule has 0 atom stereocenters. The van der Waals surface area contributed by atoms with Crippen molar-refractivity contribution < 1.29 is 4.79 Å². The highest BCUT2D eigenvalue weighted by Gasteiger charge is 2.15. The number of nitrogens with one attached hydrogen (secondary N) is 2. The summed E-state index contributed by atoms with van der Waals surface area (Å²) in [4.78, 5) is 19.8. The van der Waals surface area contributed by atoms with E-state index in [0.717, 1.165) is 27.6 Å². The van der Waals surface area contributed by atoms with Gasteiger partial charge in [-0.05, 0) is 24.5 Å². The number of rotatable bonds is 7. The van der Waals surface area contributed by atoms with Gasteiger partial charge in [-0.3, -0.25) is 13.9 Å². The molecule has 4 heterocycles. The van der Waals surface area contributed by atoms with Gasteiger partial charge in [-0.25, -0.2) is 9.97 Å². The smallest absolute Gasteiger partial charge is 0.207 e. The highest BCUT2D eigenvalue weighted by atomic mass is 32.1. The molecule has 1 amide bonds. The summed E-state index contributed by atoms with van der Waals surface area (Å²) in [6.07, 6.45) is 8.80. The number of anilines is 2. The molecule has 10 heteroatoms. The zero-order valence-corrected chi connectivity index (χ0v) is 15.7. The van der Waals surface area contributed by atoms with Crippen LogP contribution in [0.4, 0.5) is 10.8 Å². The lowest BCUT2D eigenvalue weighted by molar-refractivity contribution is -0.109. The molecule has 0 saturated carbocycles. The fourth-order valence-electron chi connectivity index (χ4n) is 2.81. The minimum atomic E-state index is 0.512. The summed E-state index contributed by atoms with van der Waals surface area (Å²) in [6.45, 7) is 2.46. The number of carbonyl (C=O) groups is 1. The van der Waals surface area contributed by atoms with Crippen molar-refractivity contribution in [3.8, 4) is 11.3 Å². The number of imidazole rings is 1. The van der Waals surface area contributed by atoms with Gasteiger partial charge in [0.2, 0.25) is 6.41 Å². The predicted molar refractivity (Wildman–Crippen MR) is 103 cm³/mol. The Kier molecular flexibility index (Phi) is 4.55. The van der Waals surface area contributed by atoms with Gasteiger partial charge in [-0.15, -0.1) is 0 Å². The normalized spacial score (nSPS) is 11.0. The van der Waals surface area contributed by atoms with Gasteiger partial charge in [-0.2, -0.15) is 9.47 Å². The van der Waals surface area contributed by atoms with Crippen molar-refractivity contribution in [2.24, 2.45) is 7.05 Å². The Bertz CT molecular complexity index is 1100. The van der Waals surface area contributed by atoms with Crippen LogP contribution in [0, 0.1) is 6.92 Å². The van der Waals surface area contributed by atoms with Gasteiger partial charge in [0.1, 0.15) is 5.00 Å². The van der Waals surface area contributed by atoms with Crippen molar-refractivity contribution in [1.29, 1.82) is 0 Å². The molecule has 0 saturated heterocycles. The summed E-state index contributed by atoms with van der Waals surface area (Å²) in [5.74, 6) is 0.650. The molecule has 0 spiro atoms. The fraction of sp³-hybridized carbons (Fsp3) is 0.235. The minimum absolute atomic E-state index is 0.512. The molecule has 0 aliphatic rings. The molecule has 0 aliphatic heterocycles. The summed E-state index contributed by atoms with van der Waals surface area (Å²) >= 11 is 1.38. The number of aromatic nitrogens is 6. The van der Waals surface area contributed by atoms with E-state index in [9.17, 15) is 4.79 Å². The lowest BCUT2D eigenvalue weighted by Gasteiger charge is -2.09. The SMILES string of the molecule is Cc1cc(Nc2nc(CCNC=O)cn3c(-c4cnn(C)c4)cnc23)sn1. The van der Waals surface area contributed by atoms with E-state index in [1.54, 1.807) is 10.9 Å². The Labute approximate surface area is 159 Å². The number of amides is 1. The van der Waals surface area contributed by atoms with E-state index in [1.165, 1.54) is 11.5 Å². The van der Waals surface area contributed by atoms with E-state index < -0.39 is 0 Å². The molecule has 4 aromatic rings. The second-order valence-electron chi connectivity index (χ2n) is 6.10. The molecular weight excluding hydrogens is 364 g/mol. The van der Waals surface area contributed by atoms with Crippen molar-refractivity contribution >= 4 is 34.4 Å². The van der Waals surface area contributed by atoms with E-state index in [2.05, 4.69) is 25.1 Å². The van der Waals surface area contributed by atoms with Crippen LogP contribution in [-0.2, 0) is 18.3 Å². The Morgan fingerprint density at radius 1 is 1.30 bits per heavy atom. The average Bonchev–Trinajstić information content (AvgIpc) is 3.35. The van der Waals surface area contributed by atoms with Gasteiger partial charge < -0.3 is 10.6 Å². The first kappa shape index (κ1) is 17.2. The van der Waals surface area contributed by atoms with Crippen LogP contribution < -0.4 is 10.6 Å². The van der Waals surface area contributed by atoms with Crippen molar-refractivity contribution in [1.82, 2.24) is 33.8 Å². The van der Waals surface area contributed by atoms with Crippen LogP contribution in [0.2, 0.25) is 0 Å². The number of carbonyl (C=O) groups excluding carboxylic acids is 1. The van der Waals surface area contributed by atoms with Gasteiger partial charge in [0.05, 0.1) is 29.5 Å². The molecule has 0 unspecified atom stereocenters. The molecule has 0 aliphatic carbocycles. The van der Waals surface area contributed by atoms with Gasteiger partial charge in [0, 0.05) is 38.0 Å². The van der Waals surface area contributed by atoms with Gasteiger partial charge in [-0.1, -0.05) is 0 Å². The molecular formula is C17H18N8OS. The van der Waals surface area contributed by atoms with E-state index >= 15 is 0 Å². The quantitative estimate of drug-likeness (QED) is 0.374. The second-order valence-corrected chi connectivity index (χ2v) is 6.91. The van der Waals surface area contributed by atoms with Gasteiger partial charge in [0.15, 0.2) is 11.5 Å². The van der Waals surface area contributed by atoms with Crippen LogP contribution in [0.3, 0.4) is 0 Å². The zero-order chi connectivity index (χ0) is 18.8. The van der Waals surface area contributed by atoms with Crippen LogP contribution in [0.15, 0.2) is 30.9 Å². The predicted octanol–water partition coefficient (Wildman–Crippen LogP) is 1.93. The van der Waals surface area contributed by atoms with Crippen LogP contribution in [0.25, 0.3) is 16.9 Å². The van der Waals surface area contributed by atoms with E-state index in [0.29, 0.717) is 30.8 Å². The molecule has 9 nitrogen and oxygen atoms in total. The molecule has 0 radical (unpaired) electrons. The molecule has 4 aromatic heterocycles. The largest absolute Gasteiger partial charge is 0.358 e. The Morgan fingerprint density at radius 2 is 2.19 bits per heavy atom. The topological polar surface area (TPSA) is 102 Å². The number of nitrogens with zero attached hydrogens (tertiary/aromatic N) is 6. The molecule has 0 aromatic carbocycles. The lowest BCUT2D eigenvalue weighted by Crippen LogP contribution is -2.15. The summed E-state index contributed by atoms with van der Waals surface area (Å²) < 4.78 is 8.05. The molecule has 4 rings (SSSR count). The van der Waals surface area contributed by atoms with E-state index in [1.807, 2.05) is 43.0 Å². The summed E-state index contributed by atoms with van der Waals surface area (Å²) in [5, 5.41) is 11.1. The molecule has 0 bridgehead atoms. The highest BCUT2D eigenvalue weighted by Crippen LogP contribution is 2.27. The minimum Gasteiger partial charge on any atom is -0.358 e. The second kappa shape index (κ2) is 7.16.